The molecule has 2 N–H and O–H groups in total. The largest absolute Gasteiger partial charge is 3.00 e. The molecule has 0 aromatic heterocycles. The summed E-state index contributed by atoms with van der Waals surface area (Å²) in [5.41, 5.74) is 0. The number of hydrogen-bond donors (Lipinski definition) is 2. The van der Waals surface area contributed by atoms with Crippen molar-refractivity contribution in [3.63, 3.8) is 0 Å². The van der Waals surface area contributed by atoms with E-state index in [0.717, 1.165) is 30.7 Å². The fourth-order valence-electron chi connectivity index (χ4n) is 4.77. The molecule has 32 heavy (non-hydrogen) atoms. The molecule has 181 valence electrons. The average Bonchev–Trinajstić information content (AvgIpc) is 2.65. The van der Waals surface area contributed by atoms with Gasteiger partial charge in [-0.3, -0.25) is 18.6 Å². The van der Waals surface area contributed by atoms with Gasteiger partial charge >= 0.3 is 51.9 Å². The number of carboxylic acids is 2. The number of carbonyl (C=O) groups is 4. The van der Waals surface area contributed by atoms with Crippen molar-refractivity contribution in [2.45, 2.75) is 0 Å². The average molecular weight is 602 g/mol. The summed E-state index contributed by atoms with van der Waals surface area (Å²) in [5, 5.41) is 18.9. The zero-order valence-electron chi connectivity index (χ0n) is 19.6. The molecule has 12 heteroatoms. The Kier molecular flexibility index (Phi) is 10.4. The number of rotatable bonds is 8. The first-order valence-electron chi connectivity index (χ1n) is 10.7. The van der Waals surface area contributed by atoms with Gasteiger partial charge in [0, 0.05) is 28.2 Å². The fourth-order valence-corrected chi connectivity index (χ4v) is 4.77. The van der Waals surface area contributed by atoms with E-state index in [0.29, 0.717) is 26.2 Å². The van der Waals surface area contributed by atoms with E-state index in [1.54, 1.807) is 28.2 Å². The minimum absolute atomic E-state index is 0. The molecule has 1 spiro atoms. The van der Waals surface area contributed by atoms with Crippen LogP contribution in [0, 0.1) is 39.9 Å². The van der Waals surface area contributed by atoms with Gasteiger partial charge in [0.25, 0.3) is 11.8 Å². The standard InChI is InChI=1S/C20H36N5O6.Gd/c1-21(2)17(26)13-24(15-19(28)29)9-5-23(6-10-24)7-11-25(12-8-23,16-20(30)31)14-18(27)22(3)4;/h5-16H2,1-4H3;/q+1;+3/p+2. The number of piperazine rings is 2. The van der Waals surface area contributed by atoms with Crippen LogP contribution in [0.4, 0.5) is 0 Å². The van der Waals surface area contributed by atoms with Crippen LogP contribution in [0.25, 0.3) is 0 Å². The number of carboxylic acid groups (broad SMARTS) is 2. The molecule has 2 rings (SSSR count). The number of quaternary nitrogens is 3. The summed E-state index contributed by atoms with van der Waals surface area (Å²) in [5.74, 6) is -1.96. The molecule has 2 aliphatic rings. The van der Waals surface area contributed by atoms with Crippen LogP contribution < -0.4 is 0 Å². The van der Waals surface area contributed by atoms with Crippen molar-refractivity contribution in [2.75, 3.05) is 107 Å². The van der Waals surface area contributed by atoms with E-state index in [1.165, 1.54) is 9.80 Å². The van der Waals surface area contributed by atoms with E-state index in [4.69, 9.17) is 0 Å². The fraction of sp³-hybridized carbons (Fsp3) is 0.800. The predicted octanol–water partition coefficient (Wildman–Crippen LogP) is -2.19. The van der Waals surface area contributed by atoms with E-state index in [-0.39, 0.29) is 86.9 Å². The second kappa shape index (κ2) is 11.5. The Morgan fingerprint density at radius 1 is 0.594 bits per heavy atom. The van der Waals surface area contributed by atoms with Gasteiger partial charge in [0.15, 0.2) is 26.2 Å². The van der Waals surface area contributed by atoms with Crippen LogP contribution in [0.5, 0.6) is 0 Å². The summed E-state index contributed by atoms with van der Waals surface area (Å²) in [6.45, 7) is 5.61. The number of carbonyl (C=O) groups excluding carboxylic acids is 2. The first kappa shape index (κ1) is 29.1. The van der Waals surface area contributed by atoms with E-state index in [9.17, 15) is 29.4 Å². The maximum Gasteiger partial charge on any atom is 3.00 e. The molecule has 2 heterocycles. The molecule has 0 aromatic rings. The SMILES string of the molecule is CN(C)C(=O)C[N+]1(CC(=O)O)CC[N+]2(CC1)CC[N+](CC(=O)O)(CC(=O)N(C)C)CC2.[Gd+3]. The summed E-state index contributed by atoms with van der Waals surface area (Å²) in [6, 6.07) is 0. The number of aliphatic carboxylic acids is 2. The quantitative estimate of drug-likeness (QED) is 0.306. The minimum Gasteiger partial charge on any atom is -0.477 e. The number of hydrogen-bond acceptors (Lipinski definition) is 4. The van der Waals surface area contributed by atoms with E-state index >= 15 is 0 Å². The van der Waals surface area contributed by atoms with Crippen molar-refractivity contribution in [2.24, 2.45) is 0 Å². The predicted molar refractivity (Wildman–Crippen MR) is 112 cm³/mol. The van der Waals surface area contributed by atoms with Gasteiger partial charge in [0.1, 0.15) is 52.4 Å². The van der Waals surface area contributed by atoms with E-state index in [1.807, 2.05) is 0 Å². The van der Waals surface area contributed by atoms with Gasteiger partial charge in [-0.25, -0.2) is 9.59 Å². The third kappa shape index (κ3) is 7.56. The van der Waals surface area contributed by atoms with Gasteiger partial charge < -0.3 is 24.5 Å². The Hall–Kier alpha value is -0.915. The van der Waals surface area contributed by atoms with Crippen molar-refractivity contribution >= 4 is 23.8 Å². The molecule has 2 amide bonds. The third-order valence-corrected chi connectivity index (χ3v) is 7.08. The molecule has 11 nitrogen and oxygen atoms in total. The molecular formula is C20H38GdN5O6+6. The number of likely N-dealkylation sites (N-methyl/N-ethyl adjacent to an activating group) is 2. The first-order valence-corrected chi connectivity index (χ1v) is 10.7. The molecule has 1 radical (unpaired) electrons. The first-order chi connectivity index (χ1) is 14.3. The molecule has 2 fully saturated rings. The Balaban J connectivity index is 0.00000512. The van der Waals surface area contributed by atoms with Gasteiger partial charge in [-0.15, -0.1) is 0 Å². The minimum atomic E-state index is -0.905. The topological polar surface area (TPSA) is 115 Å². The maximum atomic E-state index is 12.3. The van der Waals surface area contributed by atoms with Gasteiger partial charge in [0.2, 0.25) is 0 Å². The zero-order chi connectivity index (χ0) is 23.4. The van der Waals surface area contributed by atoms with E-state index in [2.05, 4.69) is 0 Å². The van der Waals surface area contributed by atoms with Gasteiger partial charge in [-0.1, -0.05) is 0 Å². The Labute approximate surface area is 222 Å². The van der Waals surface area contributed by atoms with Crippen molar-refractivity contribution in [1.29, 1.82) is 0 Å². The summed E-state index contributed by atoms with van der Waals surface area (Å²) in [6.07, 6.45) is 0. The van der Waals surface area contributed by atoms with Crippen LogP contribution in [0.1, 0.15) is 0 Å². The Morgan fingerprint density at radius 2 is 0.875 bits per heavy atom. The normalized spacial score (nSPS) is 29.6. The van der Waals surface area contributed by atoms with Gasteiger partial charge in [-0.2, -0.15) is 0 Å². The molecular weight excluding hydrogens is 563 g/mol. The molecule has 0 unspecified atom stereocenters. The van der Waals surface area contributed by atoms with Crippen LogP contribution >= 0.6 is 0 Å². The number of amides is 2. The van der Waals surface area contributed by atoms with Crippen LogP contribution in [-0.2, 0) is 19.2 Å². The van der Waals surface area contributed by atoms with Crippen molar-refractivity contribution in [3.05, 3.63) is 0 Å². The van der Waals surface area contributed by atoms with Crippen LogP contribution in [0.2, 0.25) is 0 Å². The molecule has 2 aliphatic heterocycles. The third-order valence-electron chi connectivity index (χ3n) is 7.08. The molecule has 0 bridgehead atoms. The van der Waals surface area contributed by atoms with Gasteiger partial charge in [0.05, 0.1) is 0 Å². The van der Waals surface area contributed by atoms with Crippen LogP contribution in [-0.4, -0.2) is 164 Å². The molecule has 0 aromatic carbocycles. The summed E-state index contributed by atoms with van der Waals surface area (Å²) >= 11 is 0. The summed E-state index contributed by atoms with van der Waals surface area (Å²) in [7, 11) is 6.71. The second-order valence-electron chi connectivity index (χ2n) is 9.81. The Bertz CT molecular complexity index is 650. The van der Waals surface area contributed by atoms with Gasteiger partial charge in [-0.05, 0) is 0 Å². The second-order valence-corrected chi connectivity index (χ2v) is 9.81. The van der Waals surface area contributed by atoms with Crippen LogP contribution in [0.3, 0.4) is 0 Å². The Morgan fingerprint density at radius 3 is 1.09 bits per heavy atom. The molecule has 2 saturated heterocycles. The summed E-state index contributed by atoms with van der Waals surface area (Å²) in [4.78, 5) is 50.7. The molecule has 0 aliphatic carbocycles. The van der Waals surface area contributed by atoms with Crippen molar-refractivity contribution < 1.29 is 82.8 Å². The van der Waals surface area contributed by atoms with Crippen molar-refractivity contribution in [1.82, 2.24) is 9.80 Å². The smallest absolute Gasteiger partial charge is 0.477 e. The monoisotopic (exact) mass is 602 g/mol. The van der Waals surface area contributed by atoms with Crippen LogP contribution in [0.15, 0.2) is 0 Å². The van der Waals surface area contributed by atoms with E-state index < -0.39 is 11.9 Å². The maximum absolute atomic E-state index is 12.3. The molecule has 0 atom stereocenters. The molecule has 0 saturated carbocycles. The zero-order valence-corrected chi connectivity index (χ0v) is 21.9. The number of nitrogens with zero attached hydrogens (tertiary/aromatic N) is 5. The van der Waals surface area contributed by atoms with Crippen molar-refractivity contribution in [3.8, 4) is 0 Å². The summed E-state index contributed by atoms with van der Waals surface area (Å²) < 4.78 is 1.30.